The molecule has 0 saturated heterocycles. The van der Waals surface area contributed by atoms with Crippen molar-refractivity contribution in [2.45, 2.75) is 0 Å². The predicted octanol–water partition coefficient (Wildman–Crippen LogP) is 2.99. The van der Waals surface area contributed by atoms with Gasteiger partial charge in [0.15, 0.2) is 5.82 Å². The number of anilines is 1. The van der Waals surface area contributed by atoms with Crippen LogP contribution in [-0.2, 0) is 0 Å². The van der Waals surface area contributed by atoms with E-state index in [4.69, 9.17) is 22.1 Å². The van der Waals surface area contributed by atoms with E-state index in [0.29, 0.717) is 22.4 Å². The molecule has 2 N–H and O–H groups in total. The molecule has 88 valence electrons. The first-order valence-electron chi connectivity index (χ1n) is 4.73. The molecule has 0 unspecified atom stereocenters. The summed E-state index contributed by atoms with van der Waals surface area (Å²) in [6.45, 7) is 0. The van der Waals surface area contributed by atoms with Gasteiger partial charge in [-0.1, -0.05) is 11.6 Å². The summed E-state index contributed by atoms with van der Waals surface area (Å²) in [4.78, 5) is 8.44. The number of hydrogen-bond acceptors (Lipinski definition) is 4. The molecule has 0 saturated carbocycles. The number of halogens is 2. The van der Waals surface area contributed by atoms with E-state index in [2.05, 4.69) is 32.6 Å². The zero-order valence-corrected chi connectivity index (χ0v) is 11.9. The van der Waals surface area contributed by atoms with Gasteiger partial charge in [-0.25, -0.2) is 9.97 Å². The van der Waals surface area contributed by atoms with Gasteiger partial charge in [-0.15, -0.1) is 0 Å². The van der Waals surface area contributed by atoms with E-state index in [1.807, 2.05) is 6.07 Å². The quantitative estimate of drug-likeness (QED) is 0.836. The van der Waals surface area contributed by atoms with E-state index in [1.165, 1.54) is 0 Å². The molecule has 0 aliphatic rings. The van der Waals surface area contributed by atoms with E-state index in [1.54, 1.807) is 25.4 Å². The van der Waals surface area contributed by atoms with E-state index < -0.39 is 0 Å². The van der Waals surface area contributed by atoms with Crippen molar-refractivity contribution in [1.82, 2.24) is 9.97 Å². The van der Waals surface area contributed by atoms with Crippen LogP contribution >= 0.6 is 34.2 Å². The number of hydrogen-bond donors (Lipinski definition) is 1. The average molecular weight is 362 g/mol. The number of nitrogens with two attached hydrogens (primary N) is 1. The number of rotatable bonds is 2. The Labute approximate surface area is 117 Å². The highest BCUT2D eigenvalue weighted by Crippen LogP contribution is 2.30. The van der Waals surface area contributed by atoms with E-state index in [0.717, 1.165) is 9.13 Å². The van der Waals surface area contributed by atoms with Gasteiger partial charge >= 0.3 is 0 Å². The molecule has 0 fully saturated rings. The van der Waals surface area contributed by atoms with E-state index >= 15 is 0 Å². The highest BCUT2D eigenvalue weighted by molar-refractivity contribution is 14.1. The Balaban J connectivity index is 2.55. The summed E-state index contributed by atoms with van der Waals surface area (Å²) in [5.41, 5.74) is 6.52. The van der Waals surface area contributed by atoms with Crippen LogP contribution in [0.3, 0.4) is 0 Å². The van der Waals surface area contributed by atoms with Crippen LogP contribution in [0.5, 0.6) is 5.75 Å². The number of aromatic nitrogens is 2. The fraction of sp³-hybridized carbons (Fsp3) is 0.0909. The largest absolute Gasteiger partial charge is 0.496 e. The molecule has 0 aliphatic carbocycles. The van der Waals surface area contributed by atoms with Crippen molar-refractivity contribution in [3.05, 3.63) is 33.0 Å². The summed E-state index contributed by atoms with van der Waals surface area (Å²) in [6, 6.07) is 5.29. The van der Waals surface area contributed by atoms with Gasteiger partial charge in [0.1, 0.15) is 11.6 Å². The summed E-state index contributed by atoms with van der Waals surface area (Å²) < 4.78 is 6.06. The number of benzene rings is 1. The van der Waals surface area contributed by atoms with Crippen LogP contribution in [0.4, 0.5) is 5.82 Å². The number of ether oxygens (including phenoxy) is 1. The molecule has 0 aliphatic heterocycles. The van der Waals surface area contributed by atoms with Crippen molar-refractivity contribution >= 4 is 40.0 Å². The Kier molecular flexibility index (Phi) is 3.68. The van der Waals surface area contributed by atoms with Crippen molar-refractivity contribution in [3.63, 3.8) is 0 Å². The summed E-state index contributed by atoms with van der Waals surface area (Å²) in [6.07, 6.45) is 1.67. The summed E-state index contributed by atoms with van der Waals surface area (Å²) in [7, 11) is 1.57. The zero-order valence-electron chi connectivity index (χ0n) is 8.95. The first kappa shape index (κ1) is 12.4. The molecule has 0 amide bonds. The Hall–Kier alpha value is -1.08. The molecule has 0 bridgehead atoms. The van der Waals surface area contributed by atoms with Gasteiger partial charge in [0, 0.05) is 11.2 Å². The first-order valence-corrected chi connectivity index (χ1v) is 6.19. The SMILES string of the molecule is COc1cc(Cl)ccc1-c1ncc(I)c(N)n1. The van der Waals surface area contributed by atoms with E-state index in [-0.39, 0.29) is 0 Å². The second-order valence-electron chi connectivity index (χ2n) is 3.27. The van der Waals surface area contributed by atoms with Crippen LogP contribution in [0.1, 0.15) is 0 Å². The fourth-order valence-corrected chi connectivity index (χ4v) is 1.78. The summed E-state index contributed by atoms with van der Waals surface area (Å²) >= 11 is 7.97. The van der Waals surface area contributed by atoms with Crippen LogP contribution < -0.4 is 10.5 Å². The lowest BCUT2D eigenvalue weighted by Gasteiger charge is -2.08. The molecule has 6 heteroatoms. The minimum absolute atomic E-state index is 0.451. The third-order valence-electron chi connectivity index (χ3n) is 2.18. The molecule has 17 heavy (non-hydrogen) atoms. The molecule has 1 heterocycles. The average Bonchev–Trinajstić information content (AvgIpc) is 2.32. The highest BCUT2D eigenvalue weighted by Gasteiger charge is 2.10. The lowest BCUT2D eigenvalue weighted by Crippen LogP contribution is -1.99. The van der Waals surface area contributed by atoms with Gasteiger partial charge in [-0.2, -0.15) is 0 Å². The molecule has 1 aromatic heterocycles. The van der Waals surface area contributed by atoms with Crippen molar-refractivity contribution < 1.29 is 4.74 Å². The molecular weight excluding hydrogens is 352 g/mol. The van der Waals surface area contributed by atoms with Crippen molar-refractivity contribution in [2.24, 2.45) is 0 Å². The summed E-state index contributed by atoms with van der Waals surface area (Å²) in [5.74, 6) is 1.60. The number of nitrogens with zero attached hydrogens (tertiary/aromatic N) is 2. The van der Waals surface area contributed by atoms with Gasteiger partial charge in [-0.3, -0.25) is 0 Å². The molecule has 4 nitrogen and oxygen atoms in total. The smallest absolute Gasteiger partial charge is 0.165 e. The monoisotopic (exact) mass is 361 g/mol. The van der Waals surface area contributed by atoms with Crippen molar-refractivity contribution in [1.29, 1.82) is 0 Å². The lowest BCUT2D eigenvalue weighted by molar-refractivity contribution is 0.416. The fourth-order valence-electron chi connectivity index (χ4n) is 1.36. The van der Waals surface area contributed by atoms with Gasteiger partial charge in [0.2, 0.25) is 0 Å². The van der Waals surface area contributed by atoms with Gasteiger partial charge < -0.3 is 10.5 Å². The molecular formula is C11H9ClIN3O. The Morgan fingerprint density at radius 1 is 1.41 bits per heavy atom. The molecule has 2 rings (SSSR count). The minimum atomic E-state index is 0.451. The summed E-state index contributed by atoms with van der Waals surface area (Å²) in [5, 5.41) is 0.601. The Morgan fingerprint density at radius 3 is 2.82 bits per heavy atom. The molecule has 0 radical (unpaired) electrons. The third-order valence-corrected chi connectivity index (χ3v) is 3.24. The maximum Gasteiger partial charge on any atom is 0.165 e. The lowest BCUT2D eigenvalue weighted by atomic mass is 10.2. The van der Waals surface area contributed by atoms with Gasteiger partial charge in [-0.05, 0) is 40.8 Å². The van der Waals surface area contributed by atoms with Crippen LogP contribution in [0.25, 0.3) is 11.4 Å². The zero-order chi connectivity index (χ0) is 12.4. The van der Waals surface area contributed by atoms with Crippen LogP contribution in [0, 0.1) is 3.57 Å². The molecule has 2 aromatic rings. The van der Waals surface area contributed by atoms with Crippen LogP contribution in [-0.4, -0.2) is 17.1 Å². The maximum atomic E-state index is 5.89. The topological polar surface area (TPSA) is 61.0 Å². The predicted molar refractivity (Wildman–Crippen MR) is 76.2 cm³/mol. The normalized spacial score (nSPS) is 10.3. The number of methoxy groups -OCH3 is 1. The Morgan fingerprint density at radius 2 is 2.18 bits per heavy atom. The Bertz CT molecular complexity index is 562. The first-order chi connectivity index (χ1) is 8.11. The van der Waals surface area contributed by atoms with Crippen LogP contribution in [0.2, 0.25) is 5.02 Å². The highest BCUT2D eigenvalue weighted by atomic mass is 127. The molecule has 0 spiro atoms. The van der Waals surface area contributed by atoms with Gasteiger partial charge in [0.25, 0.3) is 0 Å². The number of nitrogen functional groups attached to an aromatic ring is 1. The third kappa shape index (κ3) is 2.61. The molecule has 1 aromatic carbocycles. The minimum Gasteiger partial charge on any atom is -0.496 e. The van der Waals surface area contributed by atoms with Crippen LogP contribution in [0.15, 0.2) is 24.4 Å². The standard InChI is InChI=1S/C11H9ClIN3O/c1-17-9-4-6(12)2-3-7(9)11-15-5-8(13)10(14)16-11/h2-5H,1H3,(H2,14,15,16). The van der Waals surface area contributed by atoms with Gasteiger partial charge in [0.05, 0.1) is 16.2 Å². The second kappa shape index (κ2) is 5.05. The van der Waals surface area contributed by atoms with Crippen molar-refractivity contribution in [2.75, 3.05) is 12.8 Å². The second-order valence-corrected chi connectivity index (χ2v) is 4.87. The molecule has 0 atom stereocenters. The maximum absolute atomic E-state index is 5.89. The van der Waals surface area contributed by atoms with Crippen molar-refractivity contribution in [3.8, 4) is 17.1 Å². The van der Waals surface area contributed by atoms with E-state index in [9.17, 15) is 0 Å².